The van der Waals surface area contributed by atoms with E-state index in [9.17, 15) is 4.79 Å². The zero-order valence-electron chi connectivity index (χ0n) is 12.5. The molecule has 1 aromatic carbocycles. The molecule has 1 rings (SSSR count). The van der Waals surface area contributed by atoms with Crippen LogP contribution in [0.5, 0.6) is 5.75 Å². The quantitative estimate of drug-likeness (QED) is 0.587. The molecule has 0 fully saturated rings. The Hall–Kier alpha value is -1.55. The second-order valence-corrected chi connectivity index (χ2v) is 5.00. The van der Waals surface area contributed by atoms with Crippen LogP contribution in [-0.4, -0.2) is 30.9 Å². The van der Waals surface area contributed by atoms with E-state index in [4.69, 9.17) is 9.84 Å². The summed E-state index contributed by atoms with van der Waals surface area (Å²) in [6.45, 7) is 4.39. The zero-order valence-corrected chi connectivity index (χ0v) is 12.5. The molecule has 4 nitrogen and oxygen atoms in total. The van der Waals surface area contributed by atoms with Crippen LogP contribution in [0.25, 0.3) is 0 Å². The average Bonchev–Trinajstić information content (AvgIpc) is 2.42. The number of aliphatic hydroxyl groups is 1. The normalized spacial score (nSPS) is 12.0. The minimum Gasteiger partial charge on any atom is -0.494 e. The van der Waals surface area contributed by atoms with Crippen LogP contribution in [-0.2, 0) is 16.0 Å². The molecule has 0 amide bonds. The Bertz CT molecular complexity index is 426. The van der Waals surface area contributed by atoms with Gasteiger partial charge < -0.3 is 14.6 Å². The zero-order chi connectivity index (χ0) is 15.0. The summed E-state index contributed by atoms with van der Waals surface area (Å²) in [7, 11) is 1.40. The van der Waals surface area contributed by atoms with Crippen molar-refractivity contribution in [2.75, 3.05) is 13.7 Å². The number of rotatable bonds is 8. The van der Waals surface area contributed by atoms with Crippen LogP contribution in [0.1, 0.15) is 37.3 Å². The fourth-order valence-corrected chi connectivity index (χ4v) is 1.95. The highest BCUT2D eigenvalue weighted by molar-refractivity contribution is 5.69. The molecule has 1 atom stereocenters. The number of esters is 1. The lowest BCUT2D eigenvalue weighted by Gasteiger charge is -2.10. The first-order valence-electron chi connectivity index (χ1n) is 7.00. The van der Waals surface area contributed by atoms with Crippen molar-refractivity contribution >= 4 is 5.97 Å². The van der Waals surface area contributed by atoms with E-state index in [0.29, 0.717) is 19.4 Å². The minimum absolute atomic E-state index is 0.192. The van der Waals surface area contributed by atoms with Crippen molar-refractivity contribution in [1.82, 2.24) is 0 Å². The third kappa shape index (κ3) is 6.06. The third-order valence-electron chi connectivity index (χ3n) is 3.18. The predicted molar refractivity (Wildman–Crippen MR) is 77.9 cm³/mol. The molecule has 1 aromatic rings. The van der Waals surface area contributed by atoms with E-state index in [2.05, 4.69) is 4.74 Å². The smallest absolute Gasteiger partial charge is 0.305 e. The summed E-state index contributed by atoms with van der Waals surface area (Å²) in [5.74, 6) is 0.637. The Morgan fingerprint density at radius 1 is 1.40 bits per heavy atom. The summed E-state index contributed by atoms with van der Waals surface area (Å²) in [5.41, 5.74) is 2.24. The second-order valence-electron chi connectivity index (χ2n) is 5.00. The van der Waals surface area contributed by atoms with Crippen LogP contribution in [0.3, 0.4) is 0 Å². The van der Waals surface area contributed by atoms with Gasteiger partial charge in [0.25, 0.3) is 0 Å². The van der Waals surface area contributed by atoms with Crippen LogP contribution in [0.15, 0.2) is 18.2 Å². The molecule has 1 unspecified atom stereocenters. The maximum atomic E-state index is 11.1. The molecule has 0 aromatic heterocycles. The maximum absolute atomic E-state index is 11.1. The maximum Gasteiger partial charge on any atom is 0.305 e. The van der Waals surface area contributed by atoms with Crippen molar-refractivity contribution in [3.05, 3.63) is 29.3 Å². The number of hydrogen-bond acceptors (Lipinski definition) is 4. The molecule has 0 radical (unpaired) electrons. The van der Waals surface area contributed by atoms with E-state index in [1.165, 1.54) is 7.11 Å². The topological polar surface area (TPSA) is 55.8 Å². The van der Waals surface area contributed by atoms with Crippen molar-refractivity contribution in [2.24, 2.45) is 0 Å². The van der Waals surface area contributed by atoms with Gasteiger partial charge in [-0.3, -0.25) is 4.79 Å². The molecular formula is C16H24O4. The van der Waals surface area contributed by atoms with Gasteiger partial charge in [-0.15, -0.1) is 0 Å². The molecule has 1 N–H and O–H groups in total. The number of ether oxygens (including phenoxy) is 2. The Morgan fingerprint density at radius 2 is 2.15 bits per heavy atom. The molecule has 0 aliphatic heterocycles. The standard InChI is InChI=1S/C16H24O4/c1-12-11-15(20-10-4-5-13(2)17)8-6-14(12)7-9-16(18)19-3/h6,8,11,13,17H,4-5,7,9-10H2,1-3H3. The number of carbonyl (C=O) groups excluding carboxylic acids is 1. The minimum atomic E-state index is -0.277. The number of aryl methyl sites for hydroxylation is 2. The van der Waals surface area contributed by atoms with Crippen molar-refractivity contribution in [2.45, 2.75) is 45.6 Å². The molecule has 20 heavy (non-hydrogen) atoms. The summed E-state index contributed by atoms with van der Waals surface area (Å²) in [6, 6.07) is 5.89. The number of aliphatic hydroxyl groups excluding tert-OH is 1. The van der Waals surface area contributed by atoms with Crippen LogP contribution in [0.2, 0.25) is 0 Å². The third-order valence-corrected chi connectivity index (χ3v) is 3.18. The average molecular weight is 280 g/mol. The van der Waals surface area contributed by atoms with E-state index in [1.807, 2.05) is 25.1 Å². The monoisotopic (exact) mass is 280 g/mol. The molecule has 0 saturated carbocycles. The summed E-state index contributed by atoms with van der Waals surface area (Å²) in [6.07, 6.45) is 2.38. The molecule has 0 aliphatic rings. The first-order valence-corrected chi connectivity index (χ1v) is 7.00. The van der Waals surface area contributed by atoms with Crippen molar-refractivity contribution in [3.8, 4) is 5.75 Å². The molecule has 112 valence electrons. The van der Waals surface area contributed by atoms with Gasteiger partial charge in [0.05, 0.1) is 19.8 Å². The molecule has 0 spiro atoms. The SMILES string of the molecule is COC(=O)CCc1ccc(OCCCC(C)O)cc1C. The van der Waals surface area contributed by atoms with Gasteiger partial charge in [0.2, 0.25) is 0 Å². The molecular weight excluding hydrogens is 256 g/mol. The van der Waals surface area contributed by atoms with Crippen LogP contribution in [0.4, 0.5) is 0 Å². The van der Waals surface area contributed by atoms with Crippen molar-refractivity contribution < 1.29 is 19.4 Å². The van der Waals surface area contributed by atoms with Crippen LogP contribution in [0, 0.1) is 6.92 Å². The summed E-state index contributed by atoms with van der Waals surface area (Å²) >= 11 is 0. The van der Waals surface area contributed by atoms with Gasteiger partial charge in [-0.05, 0) is 56.4 Å². The number of hydrogen-bond donors (Lipinski definition) is 1. The Kier molecular flexibility index (Phi) is 7.09. The molecule has 4 heteroatoms. The van der Waals surface area contributed by atoms with Gasteiger partial charge in [0, 0.05) is 6.42 Å². The number of benzene rings is 1. The predicted octanol–water partition coefficient (Wildman–Crippen LogP) is 2.64. The highest BCUT2D eigenvalue weighted by Crippen LogP contribution is 2.19. The molecule has 0 bridgehead atoms. The van der Waals surface area contributed by atoms with Gasteiger partial charge in [-0.25, -0.2) is 0 Å². The van der Waals surface area contributed by atoms with Crippen LogP contribution >= 0.6 is 0 Å². The second kappa shape index (κ2) is 8.59. The van der Waals surface area contributed by atoms with Gasteiger partial charge in [-0.1, -0.05) is 6.07 Å². The highest BCUT2D eigenvalue weighted by atomic mass is 16.5. The van der Waals surface area contributed by atoms with E-state index < -0.39 is 0 Å². The summed E-state index contributed by atoms with van der Waals surface area (Å²) < 4.78 is 10.3. The Labute approximate surface area is 120 Å². The summed E-state index contributed by atoms with van der Waals surface area (Å²) in [4.78, 5) is 11.1. The molecule has 0 saturated heterocycles. The van der Waals surface area contributed by atoms with E-state index in [0.717, 1.165) is 29.7 Å². The number of methoxy groups -OCH3 is 1. The van der Waals surface area contributed by atoms with E-state index in [-0.39, 0.29) is 12.1 Å². The lowest BCUT2D eigenvalue weighted by molar-refractivity contribution is -0.140. The lowest BCUT2D eigenvalue weighted by atomic mass is 10.0. The fraction of sp³-hybridized carbons (Fsp3) is 0.562. The fourth-order valence-electron chi connectivity index (χ4n) is 1.95. The first-order chi connectivity index (χ1) is 9.52. The first kappa shape index (κ1) is 16.5. The molecule has 0 heterocycles. The summed E-state index contributed by atoms with van der Waals surface area (Å²) in [5, 5.41) is 9.16. The molecule has 0 aliphatic carbocycles. The Morgan fingerprint density at radius 3 is 2.75 bits per heavy atom. The lowest BCUT2D eigenvalue weighted by Crippen LogP contribution is -2.05. The van der Waals surface area contributed by atoms with E-state index >= 15 is 0 Å². The van der Waals surface area contributed by atoms with Gasteiger partial charge in [0.15, 0.2) is 0 Å². The highest BCUT2D eigenvalue weighted by Gasteiger charge is 2.05. The van der Waals surface area contributed by atoms with Gasteiger partial charge >= 0.3 is 5.97 Å². The van der Waals surface area contributed by atoms with E-state index in [1.54, 1.807) is 6.92 Å². The van der Waals surface area contributed by atoms with Gasteiger partial charge in [-0.2, -0.15) is 0 Å². The Balaban J connectivity index is 2.44. The van der Waals surface area contributed by atoms with Crippen molar-refractivity contribution in [1.29, 1.82) is 0 Å². The van der Waals surface area contributed by atoms with Crippen LogP contribution < -0.4 is 4.74 Å². The van der Waals surface area contributed by atoms with Gasteiger partial charge in [0.1, 0.15) is 5.75 Å². The van der Waals surface area contributed by atoms with Crippen molar-refractivity contribution in [3.63, 3.8) is 0 Å². The number of carbonyl (C=O) groups is 1. The largest absolute Gasteiger partial charge is 0.494 e.